The Hall–Kier alpha value is -4.13. The van der Waals surface area contributed by atoms with Crippen molar-refractivity contribution < 1.29 is 19.1 Å². The van der Waals surface area contributed by atoms with Gasteiger partial charge in [-0.25, -0.2) is 4.79 Å². The van der Waals surface area contributed by atoms with E-state index >= 15 is 0 Å². The van der Waals surface area contributed by atoms with Crippen molar-refractivity contribution in [3.63, 3.8) is 0 Å². The number of hydrogen-bond acceptors (Lipinski definition) is 4. The minimum atomic E-state index is -0.731. The lowest BCUT2D eigenvalue weighted by molar-refractivity contribution is -0.123. The van der Waals surface area contributed by atoms with Gasteiger partial charge in [-0.15, -0.1) is 0 Å². The zero-order chi connectivity index (χ0) is 22.8. The molecule has 0 aromatic heterocycles. The number of benzene rings is 3. The van der Waals surface area contributed by atoms with Crippen molar-refractivity contribution in [1.29, 1.82) is 0 Å². The Kier molecular flexibility index (Phi) is 7.97. The van der Waals surface area contributed by atoms with E-state index in [1.807, 2.05) is 36.4 Å². The first-order valence-corrected chi connectivity index (χ1v) is 10.2. The van der Waals surface area contributed by atoms with Gasteiger partial charge in [-0.1, -0.05) is 60.7 Å². The molecule has 32 heavy (non-hydrogen) atoms. The van der Waals surface area contributed by atoms with Crippen LogP contribution in [0.5, 0.6) is 0 Å². The minimum absolute atomic E-state index is 0.282. The van der Waals surface area contributed by atoms with Gasteiger partial charge < -0.3 is 15.4 Å². The normalized spacial score (nSPS) is 11.2. The number of carbonyl (C=O) groups is 3. The van der Waals surface area contributed by atoms with E-state index in [1.165, 1.54) is 7.11 Å². The maximum atomic E-state index is 12.9. The Labute approximate surface area is 186 Å². The Bertz CT molecular complexity index is 1040. The van der Waals surface area contributed by atoms with Crippen molar-refractivity contribution in [2.45, 2.75) is 19.0 Å². The van der Waals surface area contributed by atoms with Gasteiger partial charge in [0.25, 0.3) is 5.91 Å². The summed E-state index contributed by atoms with van der Waals surface area (Å²) in [5.74, 6) is -0.588. The molecule has 0 fully saturated rings. The minimum Gasteiger partial charge on any atom is -0.453 e. The molecule has 164 valence electrons. The molecule has 3 amide bonds. The molecular weight excluding hydrogens is 406 g/mol. The van der Waals surface area contributed by atoms with Gasteiger partial charge in [-0.2, -0.15) is 0 Å². The lowest BCUT2D eigenvalue weighted by Crippen LogP contribution is -2.47. The number of carbonyl (C=O) groups excluding carboxylic acids is 3. The summed E-state index contributed by atoms with van der Waals surface area (Å²) in [6, 6.07) is 24.6. The van der Waals surface area contributed by atoms with Crippen LogP contribution in [0.3, 0.4) is 0 Å². The second kappa shape index (κ2) is 11.3. The van der Waals surface area contributed by atoms with Crippen LogP contribution in [0.25, 0.3) is 0 Å². The van der Waals surface area contributed by atoms with E-state index < -0.39 is 12.1 Å². The van der Waals surface area contributed by atoms with E-state index in [2.05, 4.69) is 20.7 Å². The Morgan fingerprint density at radius 2 is 1.44 bits per heavy atom. The van der Waals surface area contributed by atoms with Gasteiger partial charge in [-0.3, -0.25) is 14.9 Å². The number of nitrogens with one attached hydrogen (secondary N) is 3. The van der Waals surface area contributed by atoms with Crippen LogP contribution in [0, 0.1) is 0 Å². The molecule has 7 nitrogen and oxygen atoms in total. The van der Waals surface area contributed by atoms with Crippen LogP contribution in [-0.2, 0) is 22.5 Å². The smallest absolute Gasteiger partial charge is 0.411 e. The van der Waals surface area contributed by atoms with Crippen molar-refractivity contribution >= 4 is 23.6 Å². The van der Waals surface area contributed by atoms with Crippen molar-refractivity contribution in [3.05, 3.63) is 102 Å². The summed E-state index contributed by atoms with van der Waals surface area (Å²) < 4.78 is 4.56. The molecular formula is C25H25N3O4. The van der Waals surface area contributed by atoms with Crippen LogP contribution in [-0.4, -0.2) is 31.1 Å². The van der Waals surface area contributed by atoms with Gasteiger partial charge in [0, 0.05) is 24.2 Å². The SMILES string of the molecule is COC(=O)Nc1ccc(CNC(=O)C(Cc2ccccc2)NC(=O)c2ccccc2)cc1. The monoisotopic (exact) mass is 431 g/mol. The summed E-state index contributed by atoms with van der Waals surface area (Å²) in [5.41, 5.74) is 2.87. The molecule has 0 bridgehead atoms. The van der Waals surface area contributed by atoms with Crippen LogP contribution in [0.15, 0.2) is 84.9 Å². The molecule has 1 atom stereocenters. The molecule has 3 rings (SSSR count). The molecule has 3 N–H and O–H groups in total. The molecule has 0 aliphatic rings. The summed E-state index contributed by atoms with van der Waals surface area (Å²) >= 11 is 0. The van der Waals surface area contributed by atoms with Gasteiger partial charge in [0.2, 0.25) is 5.91 Å². The predicted octanol–water partition coefficient (Wildman–Crippen LogP) is 3.52. The van der Waals surface area contributed by atoms with Crippen molar-refractivity contribution in [3.8, 4) is 0 Å². The highest BCUT2D eigenvalue weighted by Crippen LogP contribution is 2.10. The molecule has 0 aliphatic heterocycles. The number of rotatable bonds is 8. The van der Waals surface area contributed by atoms with Crippen molar-refractivity contribution in [2.24, 2.45) is 0 Å². The molecule has 3 aromatic rings. The molecule has 1 unspecified atom stereocenters. The number of hydrogen-bond donors (Lipinski definition) is 3. The lowest BCUT2D eigenvalue weighted by atomic mass is 10.0. The molecule has 0 radical (unpaired) electrons. The van der Waals surface area contributed by atoms with Crippen LogP contribution in [0.4, 0.5) is 10.5 Å². The van der Waals surface area contributed by atoms with E-state index in [-0.39, 0.29) is 18.4 Å². The number of amides is 3. The van der Waals surface area contributed by atoms with Gasteiger partial charge >= 0.3 is 6.09 Å². The average Bonchev–Trinajstić information content (AvgIpc) is 2.84. The quantitative estimate of drug-likeness (QED) is 0.508. The first kappa shape index (κ1) is 22.6. The molecule has 0 saturated carbocycles. The number of ether oxygens (including phenoxy) is 1. The maximum absolute atomic E-state index is 12.9. The number of anilines is 1. The first-order valence-electron chi connectivity index (χ1n) is 10.2. The Morgan fingerprint density at radius 1 is 0.812 bits per heavy atom. The zero-order valence-corrected chi connectivity index (χ0v) is 17.7. The highest BCUT2D eigenvalue weighted by Gasteiger charge is 2.21. The van der Waals surface area contributed by atoms with E-state index in [0.29, 0.717) is 17.7 Å². The summed E-state index contributed by atoms with van der Waals surface area (Å²) in [5, 5.41) is 8.29. The van der Waals surface area contributed by atoms with Crippen molar-refractivity contribution in [2.75, 3.05) is 12.4 Å². The third kappa shape index (κ3) is 6.70. The molecule has 0 aliphatic carbocycles. The summed E-state index contributed by atoms with van der Waals surface area (Å²) in [6.07, 6.45) is -0.184. The van der Waals surface area contributed by atoms with E-state index in [0.717, 1.165) is 11.1 Å². The Morgan fingerprint density at radius 3 is 2.06 bits per heavy atom. The standard InChI is InChI=1S/C25H25N3O4/c1-32-25(31)27-21-14-12-19(13-15-21)17-26-24(30)22(16-18-8-4-2-5-9-18)28-23(29)20-10-6-3-7-11-20/h2-15,22H,16-17H2,1H3,(H,26,30)(H,27,31)(H,28,29). The van der Waals surface area contributed by atoms with E-state index in [1.54, 1.807) is 48.5 Å². The maximum Gasteiger partial charge on any atom is 0.411 e. The fraction of sp³-hybridized carbons (Fsp3) is 0.160. The lowest BCUT2D eigenvalue weighted by Gasteiger charge is -2.19. The first-order chi connectivity index (χ1) is 15.5. The van der Waals surface area contributed by atoms with Crippen LogP contribution in [0.1, 0.15) is 21.5 Å². The van der Waals surface area contributed by atoms with Crippen LogP contribution in [0.2, 0.25) is 0 Å². The second-order valence-electron chi connectivity index (χ2n) is 7.11. The molecule has 0 saturated heterocycles. The number of methoxy groups -OCH3 is 1. The summed E-state index contributed by atoms with van der Waals surface area (Å²) in [6.45, 7) is 0.282. The molecule has 3 aromatic carbocycles. The van der Waals surface area contributed by atoms with Gasteiger partial charge in [0.05, 0.1) is 7.11 Å². The fourth-order valence-corrected chi connectivity index (χ4v) is 3.08. The topological polar surface area (TPSA) is 96.5 Å². The van der Waals surface area contributed by atoms with E-state index in [4.69, 9.17) is 0 Å². The second-order valence-corrected chi connectivity index (χ2v) is 7.11. The highest BCUT2D eigenvalue weighted by atomic mass is 16.5. The summed E-state index contributed by atoms with van der Waals surface area (Å²) in [4.78, 5) is 36.9. The van der Waals surface area contributed by atoms with Crippen LogP contribution >= 0.6 is 0 Å². The zero-order valence-electron chi connectivity index (χ0n) is 17.7. The molecule has 0 spiro atoms. The van der Waals surface area contributed by atoms with Gasteiger partial charge in [0.15, 0.2) is 0 Å². The largest absolute Gasteiger partial charge is 0.453 e. The third-order valence-corrected chi connectivity index (χ3v) is 4.79. The molecule has 7 heteroatoms. The van der Waals surface area contributed by atoms with E-state index in [9.17, 15) is 14.4 Å². The highest BCUT2D eigenvalue weighted by molar-refractivity contribution is 5.97. The molecule has 0 heterocycles. The van der Waals surface area contributed by atoms with Gasteiger partial charge in [0.1, 0.15) is 6.04 Å². The Balaban J connectivity index is 1.65. The predicted molar refractivity (Wildman–Crippen MR) is 122 cm³/mol. The fourth-order valence-electron chi connectivity index (χ4n) is 3.08. The van der Waals surface area contributed by atoms with Crippen molar-refractivity contribution in [1.82, 2.24) is 10.6 Å². The summed E-state index contributed by atoms with van der Waals surface area (Å²) in [7, 11) is 1.29. The van der Waals surface area contributed by atoms with Crippen LogP contribution < -0.4 is 16.0 Å². The third-order valence-electron chi connectivity index (χ3n) is 4.79. The van der Waals surface area contributed by atoms with Gasteiger partial charge in [-0.05, 0) is 35.4 Å². The average molecular weight is 431 g/mol.